The molecule has 1 aliphatic rings. The van der Waals surface area contributed by atoms with Crippen LogP contribution in [-0.2, 0) is 11.2 Å². The predicted molar refractivity (Wildman–Crippen MR) is 106 cm³/mol. The molecule has 1 saturated heterocycles. The first-order valence-electron chi connectivity index (χ1n) is 7.94. The lowest BCUT2D eigenvalue weighted by atomic mass is 10.1. The van der Waals surface area contributed by atoms with Crippen molar-refractivity contribution < 1.29 is 4.74 Å². The summed E-state index contributed by atoms with van der Waals surface area (Å²) in [5.74, 6) is 1.47. The van der Waals surface area contributed by atoms with Crippen molar-refractivity contribution in [2.75, 3.05) is 26.2 Å². The number of aliphatic imine (C=N–C) groups is 1. The maximum atomic E-state index is 5.63. The molecule has 1 fully saturated rings. The number of halogens is 1. The Morgan fingerprint density at radius 1 is 1.50 bits per heavy atom. The van der Waals surface area contributed by atoms with Gasteiger partial charge in [0.05, 0.1) is 6.10 Å². The van der Waals surface area contributed by atoms with E-state index in [1.807, 2.05) is 11.3 Å². The molecule has 0 amide bonds. The van der Waals surface area contributed by atoms with Gasteiger partial charge in [-0.2, -0.15) is 0 Å². The van der Waals surface area contributed by atoms with Gasteiger partial charge < -0.3 is 15.4 Å². The van der Waals surface area contributed by atoms with Gasteiger partial charge in [0.15, 0.2) is 5.96 Å². The van der Waals surface area contributed by atoms with Crippen molar-refractivity contribution in [2.24, 2.45) is 10.9 Å². The SMILES string of the molecule is CCNC(=NCC(C)Cc1cccs1)NCC1CCCO1.I. The molecule has 1 aromatic rings. The number of hydrogen-bond acceptors (Lipinski definition) is 3. The average Bonchev–Trinajstić information content (AvgIpc) is 3.15. The molecular formula is C16H28IN3OS. The Morgan fingerprint density at radius 2 is 2.36 bits per heavy atom. The molecule has 2 heterocycles. The van der Waals surface area contributed by atoms with Crippen LogP contribution in [0.1, 0.15) is 31.6 Å². The van der Waals surface area contributed by atoms with E-state index in [0.717, 1.165) is 45.0 Å². The van der Waals surface area contributed by atoms with Crippen molar-refractivity contribution >= 4 is 41.3 Å². The fraction of sp³-hybridized carbons (Fsp3) is 0.688. The first kappa shape index (κ1) is 19.7. The van der Waals surface area contributed by atoms with Gasteiger partial charge in [0.2, 0.25) is 0 Å². The lowest BCUT2D eigenvalue weighted by Crippen LogP contribution is -2.41. The second-order valence-corrected chi connectivity index (χ2v) is 6.66. The first-order chi connectivity index (χ1) is 10.3. The molecule has 2 rings (SSSR count). The fourth-order valence-corrected chi connectivity index (χ4v) is 3.31. The number of rotatable bonds is 7. The smallest absolute Gasteiger partial charge is 0.191 e. The molecule has 0 aromatic carbocycles. The Balaban J connectivity index is 0.00000242. The average molecular weight is 437 g/mol. The maximum Gasteiger partial charge on any atom is 0.191 e. The second-order valence-electron chi connectivity index (χ2n) is 5.62. The van der Waals surface area contributed by atoms with Crippen LogP contribution < -0.4 is 10.6 Å². The van der Waals surface area contributed by atoms with Gasteiger partial charge in [-0.3, -0.25) is 4.99 Å². The molecule has 6 heteroatoms. The molecule has 126 valence electrons. The van der Waals surface area contributed by atoms with E-state index in [1.165, 1.54) is 11.3 Å². The minimum atomic E-state index is 0. The van der Waals surface area contributed by atoms with Gasteiger partial charge in [-0.25, -0.2) is 0 Å². The van der Waals surface area contributed by atoms with Crippen LogP contribution in [-0.4, -0.2) is 38.3 Å². The Kier molecular flexibility index (Phi) is 10.1. The number of thiophene rings is 1. The highest BCUT2D eigenvalue weighted by atomic mass is 127. The van der Waals surface area contributed by atoms with E-state index in [1.54, 1.807) is 0 Å². The van der Waals surface area contributed by atoms with E-state index in [-0.39, 0.29) is 24.0 Å². The predicted octanol–water partition coefficient (Wildman–Crippen LogP) is 3.28. The molecule has 4 nitrogen and oxygen atoms in total. The molecule has 0 bridgehead atoms. The summed E-state index contributed by atoms with van der Waals surface area (Å²) >= 11 is 1.83. The molecule has 0 saturated carbocycles. The Bertz CT molecular complexity index is 419. The van der Waals surface area contributed by atoms with Crippen LogP contribution in [0.25, 0.3) is 0 Å². The zero-order valence-electron chi connectivity index (χ0n) is 13.5. The summed E-state index contributed by atoms with van der Waals surface area (Å²) in [6, 6.07) is 4.31. The second kappa shape index (κ2) is 11.2. The number of guanidine groups is 1. The van der Waals surface area contributed by atoms with Crippen LogP contribution in [0.4, 0.5) is 0 Å². The molecule has 0 radical (unpaired) electrons. The van der Waals surface area contributed by atoms with Crippen molar-refractivity contribution in [1.29, 1.82) is 0 Å². The maximum absolute atomic E-state index is 5.63. The molecule has 2 N–H and O–H groups in total. The molecule has 0 spiro atoms. The zero-order valence-corrected chi connectivity index (χ0v) is 16.7. The third-order valence-electron chi connectivity index (χ3n) is 3.56. The van der Waals surface area contributed by atoms with Crippen LogP contribution in [0.5, 0.6) is 0 Å². The third-order valence-corrected chi connectivity index (χ3v) is 4.45. The molecule has 1 aliphatic heterocycles. The third kappa shape index (κ3) is 7.28. The van der Waals surface area contributed by atoms with Crippen LogP contribution in [0.15, 0.2) is 22.5 Å². The van der Waals surface area contributed by atoms with Crippen LogP contribution in [0, 0.1) is 5.92 Å². The van der Waals surface area contributed by atoms with Crippen LogP contribution >= 0.6 is 35.3 Å². The Morgan fingerprint density at radius 3 is 3.00 bits per heavy atom. The fourth-order valence-electron chi connectivity index (χ4n) is 2.44. The van der Waals surface area contributed by atoms with Gasteiger partial charge in [-0.15, -0.1) is 35.3 Å². The van der Waals surface area contributed by atoms with E-state index < -0.39 is 0 Å². The quantitative estimate of drug-likeness (QED) is 0.391. The molecular weight excluding hydrogens is 409 g/mol. The molecule has 2 atom stereocenters. The van der Waals surface area contributed by atoms with Gasteiger partial charge in [0.1, 0.15) is 0 Å². The van der Waals surface area contributed by atoms with Crippen molar-refractivity contribution in [3.05, 3.63) is 22.4 Å². The van der Waals surface area contributed by atoms with E-state index in [9.17, 15) is 0 Å². The molecule has 2 unspecified atom stereocenters. The van der Waals surface area contributed by atoms with Crippen molar-refractivity contribution in [2.45, 2.75) is 39.2 Å². The lowest BCUT2D eigenvalue weighted by Gasteiger charge is -2.15. The van der Waals surface area contributed by atoms with Gasteiger partial charge in [-0.05, 0) is 43.6 Å². The van der Waals surface area contributed by atoms with E-state index >= 15 is 0 Å². The minimum Gasteiger partial charge on any atom is -0.376 e. The lowest BCUT2D eigenvalue weighted by molar-refractivity contribution is 0.114. The number of ether oxygens (including phenoxy) is 1. The number of nitrogens with one attached hydrogen (secondary N) is 2. The normalized spacial score (nSPS) is 19.5. The number of hydrogen-bond donors (Lipinski definition) is 2. The van der Waals surface area contributed by atoms with E-state index in [2.05, 4.69) is 42.0 Å². The summed E-state index contributed by atoms with van der Waals surface area (Å²) in [5.41, 5.74) is 0. The van der Waals surface area contributed by atoms with Crippen molar-refractivity contribution in [3.8, 4) is 0 Å². The summed E-state index contributed by atoms with van der Waals surface area (Å²) in [6.45, 7) is 7.84. The number of nitrogens with zero attached hydrogens (tertiary/aromatic N) is 1. The largest absolute Gasteiger partial charge is 0.376 e. The first-order valence-corrected chi connectivity index (χ1v) is 8.82. The van der Waals surface area contributed by atoms with E-state index in [0.29, 0.717) is 12.0 Å². The zero-order chi connectivity index (χ0) is 14.9. The molecule has 0 aliphatic carbocycles. The topological polar surface area (TPSA) is 45.7 Å². The summed E-state index contributed by atoms with van der Waals surface area (Å²) in [4.78, 5) is 6.14. The Hall–Kier alpha value is -0.340. The van der Waals surface area contributed by atoms with Crippen LogP contribution in [0.3, 0.4) is 0 Å². The Labute approximate surface area is 155 Å². The minimum absolute atomic E-state index is 0. The highest BCUT2D eigenvalue weighted by molar-refractivity contribution is 14.0. The molecule has 1 aromatic heterocycles. The standard InChI is InChI=1S/C16H27N3OS.HI/c1-3-17-16(19-12-14-6-4-8-20-14)18-11-13(2)10-15-7-5-9-21-15;/h5,7,9,13-14H,3-4,6,8,10-12H2,1-2H3,(H2,17,18,19);1H. The van der Waals surface area contributed by atoms with Gasteiger partial charge in [0, 0.05) is 31.1 Å². The summed E-state index contributed by atoms with van der Waals surface area (Å²) in [6.07, 6.45) is 3.78. The van der Waals surface area contributed by atoms with Gasteiger partial charge in [-0.1, -0.05) is 13.0 Å². The molecule has 22 heavy (non-hydrogen) atoms. The monoisotopic (exact) mass is 437 g/mol. The van der Waals surface area contributed by atoms with Crippen molar-refractivity contribution in [1.82, 2.24) is 10.6 Å². The highest BCUT2D eigenvalue weighted by Gasteiger charge is 2.15. The van der Waals surface area contributed by atoms with Gasteiger partial charge in [0.25, 0.3) is 0 Å². The van der Waals surface area contributed by atoms with Crippen LogP contribution in [0.2, 0.25) is 0 Å². The summed E-state index contributed by atoms with van der Waals surface area (Å²) in [5, 5.41) is 8.84. The van der Waals surface area contributed by atoms with Crippen molar-refractivity contribution in [3.63, 3.8) is 0 Å². The summed E-state index contributed by atoms with van der Waals surface area (Å²) in [7, 11) is 0. The van der Waals surface area contributed by atoms with Gasteiger partial charge >= 0.3 is 0 Å². The van der Waals surface area contributed by atoms with E-state index in [4.69, 9.17) is 9.73 Å². The highest BCUT2D eigenvalue weighted by Crippen LogP contribution is 2.14. The summed E-state index contributed by atoms with van der Waals surface area (Å²) < 4.78 is 5.63.